The van der Waals surface area contributed by atoms with Gasteiger partial charge >= 0.3 is 0 Å². The van der Waals surface area contributed by atoms with Crippen LogP contribution in [0.5, 0.6) is 0 Å². The first-order valence-electron chi connectivity index (χ1n) is 6.76. The summed E-state index contributed by atoms with van der Waals surface area (Å²) in [7, 11) is 1.66. The van der Waals surface area contributed by atoms with Crippen LogP contribution < -0.4 is 5.32 Å². The van der Waals surface area contributed by atoms with E-state index in [1.165, 1.54) is 5.56 Å². The summed E-state index contributed by atoms with van der Waals surface area (Å²) in [5, 5.41) is 7.26. The molecule has 0 amide bonds. The van der Waals surface area contributed by atoms with Crippen LogP contribution in [0.3, 0.4) is 0 Å². The molecule has 0 aliphatic rings. The summed E-state index contributed by atoms with van der Waals surface area (Å²) in [5.74, 6) is 1.14. The van der Waals surface area contributed by atoms with Gasteiger partial charge in [-0.2, -0.15) is 4.98 Å². The van der Waals surface area contributed by atoms with E-state index >= 15 is 0 Å². The summed E-state index contributed by atoms with van der Waals surface area (Å²) < 4.78 is 10.7. The smallest absolute Gasteiger partial charge is 0.246 e. The lowest BCUT2D eigenvalue weighted by Gasteiger charge is -2.21. The minimum absolute atomic E-state index is 0.494. The zero-order valence-electron chi connectivity index (χ0n) is 12.4. The topological polar surface area (TPSA) is 60.2 Å². The fraction of sp³-hybridized carbons (Fsp3) is 0.467. The maximum Gasteiger partial charge on any atom is 0.246 e. The van der Waals surface area contributed by atoms with Gasteiger partial charge in [0.2, 0.25) is 11.7 Å². The second-order valence-electron chi connectivity index (χ2n) is 5.02. The van der Waals surface area contributed by atoms with Crippen molar-refractivity contribution < 1.29 is 9.26 Å². The average Bonchev–Trinajstić information content (AvgIpc) is 2.95. The second-order valence-corrected chi connectivity index (χ2v) is 5.02. The monoisotopic (exact) mass is 275 g/mol. The van der Waals surface area contributed by atoms with Crippen molar-refractivity contribution in [1.82, 2.24) is 10.1 Å². The largest absolute Gasteiger partial charge is 0.376 e. The fourth-order valence-electron chi connectivity index (χ4n) is 1.78. The summed E-state index contributed by atoms with van der Waals surface area (Å²) in [5.41, 5.74) is 1.76. The number of nitrogens with zero attached hydrogens (tertiary/aromatic N) is 2. The minimum Gasteiger partial charge on any atom is -0.376 e. The van der Waals surface area contributed by atoms with Gasteiger partial charge in [0.25, 0.3) is 0 Å². The Bertz CT molecular complexity index is 545. The van der Waals surface area contributed by atoms with Gasteiger partial charge < -0.3 is 14.6 Å². The highest BCUT2D eigenvalue weighted by atomic mass is 16.5. The predicted molar refractivity (Wildman–Crippen MR) is 77.5 cm³/mol. The maximum atomic E-state index is 5.46. The van der Waals surface area contributed by atoms with Gasteiger partial charge in [0.15, 0.2) is 0 Å². The SMILES string of the molecule is CCC(C)(OC)c1noc(CNc2ccc(C)cc2)n1. The lowest BCUT2D eigenvalue weighted by molar-refractivity contribution is -0.0106. The molecule has 5 heteroatoms. The van der Waals surface area contributed by atoms with Crippen molar-refractivity contribution in [3.63, 3.8) is 0 Å². The highest BCUT2D eigenvalue weighted by Crippen LogP contribution is 2.25. The van der Waals surface area contributed by atoms with Crippen molar-refractivity contribution >= 4 is 5.69 Å². The molecule has 1 aromatic heterocycles. The van der Waals surface area contributed by atoms with Crippen molar-refractivity contribution in [1.29, 1.82) is 0 Å². The first-order valence-corrected chi connectivity index (χ1v) is 6.76. The molecule has 0 saturated carbocycles. The van der Waals surface area contributed by atoms with Crippen LogP contribution in [0.1, 0.15) is 37.5 Å². The Balaban J connectivity index is 2.01. The number of hydrogen-bond donors (Lipinski definition) is 1. The Hall–Kier alpha value is -1.88. The van der Waals surface area contributed by atoms with Gasteiger partial charge in [-0.05, 0) is 32.4 Å². The lowest BCUT2D eigenvalue weighted by Crippen LogP contribution is -2.24. The molecule has 5 nitrogen and oxygen atoms in total. The summed E-state index contributed by atoms with van der Waals surface area (Å²) >= 11 is 0. The van der Waals surface area contributed by atoms with Gasteiger partial charge in [-0.15, -0.1) is 0 Å². The van der Waals surface area contributed by atoms with Crippen LogP contribution >= 0.6 is 0 Å². The molecule has 0 spiro atoms. The van der Waals surface area contributed by atoms with Crippen molar-refractivity contribution in [2.24, 2.45) is 0 Å². The zero-order valence-corrected chi connectivity index (χ0v) is 12.4. The van der Waals surface area contributed by atoms with Crippen LogP contribution in [0.4, 0.5) is 5.69 Å². The standard InChI is InChI=1S/C15H21N3O2/c1-5-15(3,19-4)14-17-13(20-18-14)10-16-12-8-6-11(2)7-9-12/h6-9,16H,5,10H2,1-4H3. The molecule has 1 unspecified atom stereocenters. The highest BCUT2D eigenvalue weighted by molar-refractivity contribution is 5.44. The summed E-state index contributed by atoms with van der Waals surface area (Å²) in [6.45, 7) is 6.54. The predicted octanol–water partition coefficient (Wildman–Crippen LogP) is 3.26. The molecule has 1 N–H and O–H groups in total. The van der Waals surface area contributed by atoms with Crippen LogP contribution in [0, 0.1) is 6.92 Å². The number of rotatable bonds is 6. The van der Waals surface area contributed by atoms with Crippen LogP contribution in [-0.4, -0.2) is 17.3 Å². The highest BCUT2D eigenvalue weighted by Gasteiger charge is 2.29. The molecule has 1 atom stereocenters. The van der Waals surface area contributed by atoms with Gasteiger partial charge in [-0.1, -0.05) is 29.8 Å². The molecule has 0 aliphatic carbocycles. The second kappa shape index (κ2) is 6.05. The number of benzene rings is 1. The number of ether oxygens (including phenoxy) is 1. The Morgan fingerprint density at radius 1 is 1.30 bits per heavy atom. The zero-order chi connectivity index (χ0) is 14.6. The van der Waals surface area contributed by atoms with Crippen LogP contribution in [0.25, 0.3) is 0 Å². The van der Waals surface area contributed by atoms with Gasteiger partial charge in [-0.25, -0.2) is 0 Å². The van der Waals surface area contributed by atoms with Gasteiger partial charge in [0.05, 0.1) is 6.54 Å². The Morgan fingerprint density at radius 3 is 2.60 bits per heavy atom. The number of aryl methyl sites for hydroxylation is 1. The molecule has 0 aliphatic heterocycles. The number of aromatic nitrogens is 2. The van der Waals surface area contributed by atoms with E-state index in [2.05, 4.69) is 34.5 Å². The molecule has 1 aromatic carbocycles. The van der Waals surface area contributed by atoms with Crippen LogP contribution in [-0.2, 0) is 16.9 Å². The minimum atomic E-state index is -0.494. The summed E-state index contributed by atoms with van der Waals surface area (Å²) in [6, 6.07) is 8.16. The first-order chi connectivity index (χ1) is 9.57. The van der Waals surface area contributed by atoms with Crippen molar-refractivity contribution in [2.75, 3.05) is 12.4 Å². The number of methoxy groups -OCH3 is 1. The molecule has 0 saturated heterocycles. The maximum absolute atomic E-state index is 5.46. The van der Waals surface area contributed by atoms with Gasteiger partial charge in [-0.3, -0.25) is 0 Å². The van der Waals surface area contributed by atoms with E-state index in [4.69, 9.17) is 9.26 Å². The Kier molecular flexibility index (Phi) is 4.39. The number of nitrogens with one attached hydrogen (secondary N) is 1. The van der Waals surface area contributed by atoms with E-state index in [-0.39, 0.29) is 0 Å². The van der Waals surface area contributed by atoms with Crippen molar-refractivity contribution in [2.45, 2.75) is 39.3 Å². The molecular weight excluding hydrogens is 254 g/mol. The van der Waals surface area contributed by atoms with Crippen LogP contribution in [0.15, 0.2) is 28.8 Å². The van der Waals surface area contributed by atoms with Crippen molar-refractivity contribution in [3.05, 3.63) is 41.5 Å². The normalized spacial score (nSPS) is 14.0. The average molecular weight is 275 g/mol. The molecule has 0 fully saturated rings. The first kappa shape index (κ1) is 14.5. The van der Waals surface area contributed by atoms with E-state index in [9.17, 15) is 0 Å². The quantitative estimate of drug-likeness (QED) is 0.876. The molecule has 1 heterocycles. The van der Waals surface area contributed by atoms with E-state index in [1.54, 1.807) is 7.11 Å². The number of hydrogen-bond acceptors (Lipinski definition) is 5. The lowest BCUT2D eigenvalue weighted by atomic mass is 10.0. The van der Waals surface area contributed by atoms with Crippen LogP contribution in [0.2, 0.25) is 0 Å². The van der Waals surface area contributed by atoms with E-state index < -0.39 is 5.60 Å². The molecule has 0 radical (unpaired) electrons. The molecule has 20 heavy (non-hydrogen) atoms. The third-order valence-electron chi connectivity index (χ3n) is 3.56. The summed E-state index contributed by atoms with van der Waals surface area (Å²) in [6.07, 6.45) is 0.786. The van der Waals surface area contributed by atoms with Gasteiger partial charge in [0.1, 0.15) is 5.60 Å². The third-order valence-corrected chi connectivity index (χ3v) is 3.56. The van der Waals surface area contributed by atoms with E-state index in [0.717, 1.165) is 12.1 Å². The van der Waals surface area contributed by atoms with E-state index in [1.807, 2.05) is 26.0 Å². The fourth-order valence-corrected chi connectivity index (χ4v) is 1.78. The summed E-state index contributed by atoms with van der Waals surface area (Å²) in [4.78, 5) is 4.39. The molecule has 0 bridgehead atoms. The third kappa shape index (κ3) is 3.17. The Labute approximate surface area is 119 Å². The molecule has 108 valence electrons. The van der Waals surface area contributed by atoms with E-state index in [0.29, 0.717) is 18.3 Å². The van der Waals surface area contributed by atoms with Crippen molar-refractivity contribution in [3.8, 4) is 0 Å². The molecule has 2 rings (SSSR count). The van der Waals surface area contributed by atoms with Gasteiger partial charge in [0, 0.05) is 12.8 Å². The molecular formula is C15H21N3O2. The molecule has 2 aromatic rings. The number of anilines is 1. The Morgan fingerprint density at radius 2 is 2.00 bits per heavy atom.